The first kappa shape index (κ1) is 11.9. The van der Waals surface area contributed by atoms with Crippen molar-refractivity contribution in [2.75, 3.05) is 0 Å². The van der Waals surface area contributed by atoms with Gasteiger partial charge in [0.05, 0.1) is 0 Å². The topological polar surface area (TPSA) is 0 Å². The van der Waals surface area contributed by atoms with Crippen LogP contribution in [-0.2, 0) is 0 Å². The molecule has 1 aliphatic carbocycles. The van der Waals surface area contributed by atoms with Crippen molar-refractivity contribution < 1.29 is 0 Å². The van der Waals surface area contributed by atoms with Crippen LogP contribution in [0.4, 0.5) is 0 Å². The summed E-state index contributed by atoms with van der Waals surface area (Å²) in [4.78, 5) is 0. The van der Waals surface area contributed by atoms with Gasteiger partial charge in [-0.3, -0.25) is 0 Å². The number of thiol groups is 2. The SMILES string of the molecule is CC1CCCC(BS)C(BS)CC1. The van der Waals surface area contributed by atoms with Crippen molar-refractivity contribution in [3.05, 3.63) is 0 Å². The van der Waals surface area contributed by atoms with Crippen molar-refractivity contribution in [1.29, 1.82) is 0 Å². The molecule has 0 saturated heterocycles. The molecule has 0 spiro atoms. The van der Waals surface area contributed by atoms with Crippen LogP contribution in [0.25, 0.3) is 0 Å². The van der Waals surface area contributed by atoms with Crippen LogP contribution in [0.2, 0.25) is 11.6 Å². The number of rotatable bonds is 2. The Labute approximate surface area is 94.7 Å². The van der Waals surface area contributed by atoms with E-state index >= 15 is 0 Å². The van der Waals surface area contributed by atoms with Crippen molar-refractivity contribution in [3.63, 3.8) is 0 Å². The molecule has 74 valence electrons. The van der Waals surface area contributed by atoms with Gasteiger partial charge in [-0.1, -0.05) is 50.7 Å². The van der Waals surface area contributed by atoms with Crippen molar-refractivity contribution in [3.8, 4) is 0 Å². The minimum absolute atomic E-state index is 0.823. The average Bonchev–Trinajstić information content (AvgIpc) is 2.12. The summed E-state index contributed by atoms with van der Waals surface area (Å²) in [5.41, 5.74) is 0. The van der Waals surface area contributed by atoms with Crippen LogP contribution < -0.4 is 0 Å². The van der Waals surface area contributed by atoms with E-state index in [-0.39, 0.29) is 0 Å². The highest BCUT2D eigenvalue weighted by atomic mass is 32.1. The first-order chi connectivity index (χ1) is 6.27. The first-order valence-electron chi connectivity index (χ1n) is 5.49. The molecule has 3 atom stereocenters. The molecule has 0 bridgehead atoms. The summed E-state index contributed by atoms with van der Waals surface area (Å²) >= 11 is 8.90. The summed E-state index contributed by atoms with van der Waals surface area (Å²) in [6.45, 7) is 4.49. The molecule has 0 aromatic carbocycles. The van der Waals surface area contributed by atoms with Crippen molar-refractivity contribution >= 4 is 38.1 Å². The van der Waals surface area contributed by atoms with Gasteiger partial charge in [0.1, 0.15) is 0 Å². The largest absolute Gasteiger partial charge is 0.231 e. The number of hydrogen-bond donors (Lipinski definition) is 2. The lowest BCUT2D eigenvalue weighted by Crippen LogP contribution is -2.15. The molecule has 1 fully saturated rings. The molecule has 1 aliphatic rings. The van der Waals surface area contributed by atoms with Crippen LogP contribution in [0.1, 0.15) is 39.0 Å². The monoisotopic (exact) mass is 214 g/mol. The predicted octanol–water partition coefficient (Wildman–Crippen LogP) is 2.73. The van der Waals surface area contributed by atoms with E-state index in [0.29, 0.717) is 0 Å². The van der Waals surface area contributed by atoms with Crippen molar-refractivity contribution in [1.82, 2.24) is 0 Å². The highest BCUT2D eigenvalue weighted by molar-refractivity contribution is 8.07. The van der Waals surface area contributed by atoms with Gasteiger partial charge in [0.15, 0.2) is 13.1 Å². The number of hydrogen-bond acceptors (Lipinski definition) is 2. The normalized spacial score (nSPS) is 36.1. The maximum absolute atomic E-state index is 4.46. The van der Waals surface area contributed by atoms with E-state index < -0.39 is 0 Å². The second kappa shape index (κ2) is 6.34. The second-order valence-electron chi connectivity index (χ2n) is 4.50. The lowest BCUT2D eigenvalue weighted by atomic mass is 9.60. The predicted molar refractivity (Wildman–Crippen MR) is 72.0 cm³/mol. The lowest BCUT2D eigenvalue weighted by molar-refractivity contribution is 0.404. The Hall–Kier alpha value is 0.830. The van der Waals surface area contributed by atoms with Crippen LogP contribution in [0.3, 0.4) is 0 Å². The fourth-order valence-corrected chi connectivity index (χ4v) is 3.28. The van der Waals surface area contributed by atoms with E-state index in [1.165, 1.54) is 32.1 Å². The molecule has 0 nitrogen and oxygen atoms in total. The highest BCUT2D eigenvalue weighted by Crippen LogP contribution is 2.38. The third-order valence-electron chi connectivity index (χ3n) is 3.44. The van der Waals surface area contributed by atoms with Crippen LogP contribution in [0.15, 0.2) is 0 Å². The fraction of sp³-hybridized carbons (Fsp3) is 1.00. The molecule has 0 heterocycles. The molecule has 13 heavy (non-hydrogen) atoms. The highest BCUT2D eigenvalue weighted by Gasteiger charge is 2.23. The molecule has 0 radical (unpaired) electrons. The third-order valence-corrected chi connectivity index (χ3v) is 4.38. The molecule has 3 unspecified atom stereocenters. The average molecular weight is 214 g/mol. The van der Waals surface area contributed by atoms with Gasteiger partial charge in [0.2, 0.25) is 0 Å². The molecule has 1 saturated carbocycles. The summed E-state index contributed by atoms with van der Waals surface area (Å²) < 4.78 is 0. The molecule has 0 aromatic rings. The molecule has 1 rings (SSSR count). The zero-order valence-electron chi connectivity index (χ0n) is 8.58. The van der Waals surface area contributed by atoms with Crippen LogP contribution >= 0.6 is 25.0 Å². The van der Waals surface area contributed by atoms with E-state index in [0.717, 1.165) is 30.7 Å². The quantitative estimate of drug-likeness (QED) is 0.512. The van der Waals surface area contributed by atoms with E-state index in [9.17, 15) is 0 Å². The summed E-state index contributed by atoms with van der Waals surface area (Å²) in [6.07, 6.45) is 6.96. The Morgan fingerprint density at radius 3 is 2.15 bits per heavy atom. The Morgan fingerprint density at radius 1 is 0.923 bits per heavy atom. The maximum Gasteiger partial charge on any atom is 0.190 e. The van der Waals surface area contributed by atoms with Crippen LogP contribution in [0.5, 0.6) is 0 Å². The third kappa shape index (κ3) is 3.83. The van der Waals surface area contributed by atoms with Gasteiger partial charge in [-0.05, 0) is 5.92 Å². The molecular weight excluding hydrogens is 194 g/mol. The standard InChI is InChI=1S/C9H20B2S2/c1-7-3-2-4-8(10-12)9(11-13)6-5-7/h7-13H,2-6H2,1H3. The molecule has 0 aliphatic heterocycles. The first-order valence-corrected chi connectivity index (χ1v) is 6.76. The van der Waals surface area contributed by atoms with E-state index in [1.54, 1.807) is 0 Å². The van der Waals surface area contributed by atoms with Gasteiger partial charge < -0.3 is 0 Å². The van der Waals surface area contributed by atoms with Crippen LogP contribution in [-0.4, -0.2) is 13.1 Å². The summed E-state index contributed by atoms with van der Waals surface area (Å²) in [5.74, 6) is 2.58. The van der Waals surface area contributed by atoms with E-state index in [4.69, 9.17) is 0 Å². The maximum atomic E-state index is 4.46. The molecule has 4 heteroatoms. The smallest absolute Gasteiger partial charge is 0.190 e. The van der Waals surface area contributed by atoms with Gasteiger partial charge in [-0.2, -0.15) is 0 Å². The minimum Gasteiger partial charge on any atom is -0.231 e. The summed E-state index contributed by atoms with van der Waals surface area (Å²) in [5, 5.41) is 0. The van der Waals surface area contributed by atoms with Gasteiger partial charge >= 0.3 is 0 Å². The molecule has 0 amide bonds. The Bertz CT molecular complexity index is 144. The van der Waals surface area contributed by atoms with E-state index in [1.807, 2.05) is 0 Å². The van der Waals surface area contributed by atoms with E-state index in [2.05, 4.69) is 31.9 Å². The van der Waals surface area contributed by atoms with Crippen LogP contribution in [0, 0.1) is 5.92 Å². The van der Waals surface area contributed by atoms with Gasteiger partial charge in [-0.25, -0.2) is 25.0 Å². The minimum atomic E-state index is 0.823. The Morgan fingerprint density at radius 2 is 1.54 bits per heavy atom. The Kier molecular flexibility index (Phi) is 5.80. The Balaban J connectivity index is 2.45. The molecular formula is C9H20B2S2. The molecule has 0 N–H and O–H groups in total. The fourth-order valence-electron chi connectivity index (χ4n) is 2.32. The summed E-state index contributed by atoms with van der Waals surface area (Å²) in [7, 11) is 0. The van der Waals surface area contributed by atoms with Crippen molar-refractivity contribution in [2.45, 2.75) is 50.7 Å². The lowest BCUT2D eigenvalue weighted by Gasteiger charge is -2.28. The summed E-state index contributed by atoms with van der Waals surface area (Å²) in [6, 6.07) is 0. The second-order valence-corrected chi connectivity index (χ2v) is 5.23. The molecule has 0 aromatic heterocycles. The zero-order valence-corrected chi connectivity index (χ0v) is 10.4. The van der Waals surface area contributed by atoms with Crippen molar-refractivity contribution in [2.24, 2.45) is 5.92 Å². The van der Waals surface area contributed by atoms with Gasteiger partial charge in [0, 0.05) is 0 Å². The van der Waals surface area contributed by atoms with Gasteiger partial charge in [-0.15, -0.1) is 0 Å². The zero-order chi connectivity index (χ0) is 9.68. The van der Waals surface area contributed by atoms with Gasteiger partial charge in [0.25, 0.3) is 0 Å².